The number of hydrogen-bond acceptors (Lipinski definition) is 4. The molecule has 1 unspecified atom stereocenters. The number of alkyl carbamates (subject to hydrolysis) is 1. The zero-order valence-corrected chi connectivity index (χ0v) is 20.1. The van der Waals surface area contributed by atoms with Gasteiger partial charge in [0.15, 0.2) is 0 Å². The van der Waals surface area contributed by atoms with Gasteiger partial charge in [-0.15, -0.1) is 0 Å². The third-order valence-corrected chi connectivity index (χ3v) is 6.69. The number of benzene rings is 3. The van der Waals surface area contributed by atoms with Crippen LogP contribution in [0.5, 0.6) is 0 Å². The van der Waals surface area contributed by atoms with E-state index in [1.54, 1.807) is 0 Å². The highest BCUT2D eigenvalue weighted by atomic mass is 16.5. The minimum atomic E-state index is -0.696. The fourth-order valence-electron chi connectivity index (χ4n) is 4.72. The Morgan fingerprint density at radius 2 is 1.56 bits per heavy atom. The number of carbonyl (C=O) groups excluding carboxylic acids is 2. The van der Waals surface area contributed by atoms with Crippen LogP contribution in [0.15, 0.2) is 84.9 Å². The van der Waals surface area contributed by atoms with Crippen molar-refractivity contribution in [3.63, 3.8) is 0 Å². The number of nitrogens with one attached hydrogen (secondary N) is 2. The fraction of sp³-hybridized carbons (Fsp3) is 0.276. The summed E-state index contributed by atoms with van der Waals surface area (Å²) in [6.45, 7) is 1.39. The maximum atomic E-state index is 13.5. The van der Waals surface area contributed by atoms with E-state index in [1.807, 2.05) is 89.8 Å². The van der Waals surface area contributed by atoms with Crippen LogP contribution in [0, 0.1) is 0 Å². The highest BCUT2D eigenvalue weighted by Crippen LogP contribution is 2.28. The molecule has 2 heterocycles. The van der Waals surface area contributed by atoms with Crippen LogP contribution in [0.2, 0.25) is 0 Å². The SMILES string of the molecule is O=C(NC(Cc1ccccc1)C(=O)N1CCC(c2nc3ccccc3[nH]2)CC1)OCc1ccccc1. The van der Waals surface area contributed by atoms with E-state index in [0.29, 0.717) is 19.5 Å². The molecule has 1 saturated heterocycles. The lowest BCUT2D eigenvalue weighted by molar-refractivity contribution is -0.134. The quantitative estimate of drug-likeness (QED) is 0.396. The number of ether oxygens (including phenoxy) is 1. The van der Waals surface area contributed by atoms with Crippen molar-refractivity contribution in [1.29, 1.82) is 0 Å². The van der Waals surface area contributed by atoms with Crippen molar-refractivity contribution in [3.05, 3.63) is 102 Å². The fourth-order valence-corrected chi connectivity index (χ4v) is 4.72. The Morgan fingerprint density at radius 1 is 0.917 bits per heavy atom. The molecule has 0 radical (unpaired) electrons. The molecule has 184 valence electrons. The number of amides is 2. The molecule has 0 spiro atoms. The number of aromatic nitrogens is 2. The number of piperidine rings is 1. The molecule has 2 amide bonds. The van der Waals surface area contributed by atoms with E-state index in [9.17, 15) is 9.59 Å². The highest BCUT2D eigenvalue weighted by Gasteiger charge is 2.31. The van der Waals surface area contributed by atoms with Gasteiger partial charge in [-0.25, -0.2) is 9.78 Å². The standard InChI is InChI=1S/C29H30N4O3/c34-28(33-17-15-23(16-18-33)27-30-24-13-7-8-14-25(24)31-27)26(19-21-9-3-1-4-10-21)32-29(35)36-20-22-11-5-2-6-12-22/h1-14,23,26H,15-20H2,(H,30,31)(H,32,35). The van der Waals surface area contributed by atoms with Crippen LogP contribution >= 0.6 is 0 Å². The number of para-hydroxylation sites is 2. The summed E-state index contributed by atoms with van der Waals surface area (Å²) in [4.78, 5) is 36.2. The van der Waals surface area contributed by atoms with Gasteiger partial charge in [0.05, 0.1) is 11.0 Å². The lowest BCUT2D eigenvalue weighted by Crippen LogP contribution is -2.51. The number of H-pyrrole nitrogens is 1. The van der Waals surface area contributed by atoms with Crippen LogP contribution in [0.3, 0.4) is 0 Å². The zero-order valence-electron chi connectivity index (χ0n) is 20.1. The van der Waals surface area contributed by atoms with Gasteiger partial charge < -0.3 is 19.9 Å². The van der Waals surface area contributed by atoms with Crippen LogP contribution in [-0.2, 0) is 22.6 Å². The van der Waals surface area contributed by atoms with Gasteiger partial charge in [-0.2, -0.15) is 0 Å². The lowest BCUT2D eigenvalue weighted by atomic mass is 9.95. The van der Waals surface area contributed by atoms with E-state index in [1.165, 1.54) is 0 Å². The van der Waals surface area contributed by atoms with Crippen molar-refractivity contribution in [1.82, 2.24) is 20.2 Å². The smallest absolute Gasteiger partial charge is 0.408 e. The molecule has 3 aromatic carbocycles. The van der Waals surface area contributed by atoms with Crippen molar-refractivity contribution in [2.75, 3.05) is 13.1 Å². The summed E-state index contributed by atoms with van der Waals surface area (Å²) in [5.41, 5.74) is 3.88. The van der Waals surface area contributed by atoms with Crippen molar-refractivity contribution in [3.8, 4) is 0 Å². The molecule has 0 aliphatic carbocycles. The summed E-state index contributed by atoms with van der Waals surface area (Å²) in [5, 5.41) is 2.82. The molecule has 1 aliphatic heterocycles. The molecule has 2 N–H and O–H groups in total. The first-order valence-corrected chi connectivity index (χ1v) is 12.4. The highest BCUT2D eigenvalue weighted by molar-refractivity contribution is 5.86. The number of carbonyl (C=O) groups is 2. The third-order valence-electron chi connectivity index (χ3n) is 6.69. The molecule has 1 fully saturated rings. The van der Waals surface area contributed by atoms with E-state index >= 15 is 0 Å². The summed E-state index contributed by atoms with van der Waals surface area (Å²) in [6.07, 6.45) is 1.46. The lowest BCUT2D eigenvalue weighted by Gasteiger charge is -2.33. The van der Waals surface area contributed by atoms with Gasteiger partial charge in [-0.05, 0) is 36.1 Å². The zero-order chi connectivity index (χ0) is 24.7. The van der Waals surface area contributed by atoms with Crippen molar-refractivity contribution >= 4 is 23.0 Å². The van der Waals surface area contributed by atoms with Gasteiger partial charge in [0.1, 0.15) is 18.5 Å². The van der Waals surface area contributed by atoms with Gasteiger partial charge in [-0.3, -0.25) is 4.79 Å². The Hall–Kier alpha value is -4.13. The van der Waals surface area contributed by atoms with Gasteiger partial charge in [0, 0.05) is 25.4 Å². The average Bonchev–Trinajstić information content (AvgIpc) is 3.37. The minimum absolute atomic E-state index is 0.0847. The second-order valence-corrected chi connectivity index (χ2v) is 9.19. The number of hydrogen-bond donors (Lipinski definition) is 2. The van der Waals surface area contributed by atoms with E-state index in [-0.39, 0.29) is 18.4 Å². The Bertz CT molecular complexity index is 1260. The summed E-state index contributed by atoms with van der Waals surface area (Å²) in [6, 6.07) is 26.5. The summed E-state index contributed by atoms with van der Waals surface area (Å²) in [7, 11) is 0. The minimum Gasteiger partial charge on any atom is -0.445 e. The van der Waals surface area contributed by atoms with E-state index in [4.69, 9.17) is 9.72 Å². The number of aromatic amines is 1. The average molecular weight is 483 g/mol. The normalized spacial score (nSPS) is 14.9. The van der Waals surface area contributed by atoms with Gasteiger partial charge >= 0.3 is 6.09 Å². The van der Waals surface area contributed by atoms with Crippen LogP contribution in [0.1, 0.15) is 35.7 Å². The first kappa shape index (κ1) is 23.6. The second kappa shape index (κ2) is 11.1. The van der Waals surface area contributed by atoms with Gasteiger partial charge in [0.25, 0.3) is 0 Å². The third kappa shape index (κ3) is 5.74. The predicted octanol–water partition coefficient (Wildman–Crippen LogP) is 4.81. The number of fused-ring (bicyclic) bond motifs is 1. The van der Waals surface area contributed by atoms with Crippen LogP contribution < -0.4 is 5.32 Å². The van der Waals surface area contributed by atoms with Crippen LogP contribution in [-0.4, -0.2) is 46.0 Å². The molecular weight excluding hydrogens is 452 g/mol. The second-order valence-electron chi connectivity index (χ2n) is 9.19. The first-order valence-electron chi connectivity index (χ1n) is 12.4. The van der Waals surface area contributed by atoms with E-state index < -0.39 is 12.1 Å². The molecule has 36 heavy (non-hydrogen) atoms. The maximum Gasteiger partial charge on any atom is 0.408 e. The number of imidazole rings is 1. The predicted molar refractivity (Wildman–Crippen MR) is 138 cm³/mol. The molecule has 4 aromatic rings. The van der Waals surface area contributed by atoms with Crippen molar-refractivity contribution in [2.45, 2.75) is 37.8 Å². The number of likely N-dealkylation sites (tertiary alicyclic amines) is 1. The Balaban J connectivity index is 1.22. The van der Waals surface area contributed by atoms with E-state index in [2.05, 4.69) is 10.3 Å². The molecule has 0 saturated carbocycles. The van der Waals surface area contributed by atoms with Crippen LogP contribution in [0.4, 0.5) is 4.79 Å². The van der Waals surface area contributed by atoms with Gasteiger partial charge in [0.2, 0.25) is 5.91 Å². The summed E-state index contributed by atoms with van der Waals surface area (Å²) in [5.74, 6) is 1.17. The topological polar surface area (TPSA) is 87.3 Å². The molecule has 1 aliphatic rings. The number of rotatable bonds is 7. The maximum absolute atomic E-state index is 13.5. The van der Waals surface area contributed by atoms with Crippen molar-refractivity contribution < 1.29 is 14.3 Å². The number of nitrogens with zero attached hydrogens (tertiary/aromatic N) is 2. The molecule has 5 rings (SSSR count). The van der Waals surface area contributed by atoms with Gasteiger partial charge in [-0.1, -0.05) is 72.8 Å². The summed E-state index contributed by atoms with van der Waals surface area (Å²) >= 11 is 0. The summed E-state index contributed by atoms with van der Waals surface area (Å²) < 4.78 is 5.40. The molecular formula is C29H30N4O3. The molecule has 7 nitrogen and oxygen atoms in total. The Kier molecular flexibility index (Phi) is 7.26. The molecule has 1 aromatic heterocycles. The van der Waals surface area contributed by atoms with E-state index in [0.717, 1.165) is 40.8 Å². The monoisotopic (exact) mass is 482 g/mol. The largest absolute Gasteiger partial charge is 0.445 e. The first-order chi connectivity index (χ1) is 17.7. The molecule has 1 atom stereocenters. The Morgan fingerprint density at radius 3 is 2.25 bits per heavy atom. The van der Waals surface area contributed by atoms with Crippen LogP contribution in [0.25, 0.3) is 11.0 Å². The Labute approximate surface area is 210 Å². The van der Waals surface area contributed by atoms with Crippen molar-refractivity contribution in [2.24, 2.45) is 0 Å². The molecule has 7 heteroatoms. The molecule has 0 bridgehead atoms.